The Bertz CT molecular complexity index is 661. The molecule has 1 aromatic carbocycles. The maximum absolute atomic E-state index is 14.0. The minimum atomic E-state index is -0.320. The first kappa shape index (κ1) is 17.9. The van der Waals surface area contributed by atoms with Crippen LogP contribution in [0.4, 0.5) is 4.39 Å². The predicted molar refractivity (Wildman–Crippen MR) is 94.1 cm³/mol. The molecule has 0 spiro atoms. The molecule has 1 unspecified atom stereocenters. The summed E-state index contributed by atoms with van der Waals surface area (Å²) in [4.78, 5) is 17.0. The van der Waals surface area contributed by atoms with Crippen LogP contribution >= 0.6 is 0 Å². The molecule has 0 aromatic heterocycles. The van der Waals surface area contributed by atoms with Crippen molar-refractivity contribution in [3.05, 3.63) is 35.1 Å². The van der Waals surface area contributed by atoms with E-state index in [1.165, 1.54) is 12.5 Å². The van der Waals surface area contributed by atoms with Crippen molar-refractivity contribution in [1.29, 1.82) is 5.26 Å². The van der Waals surface area contributed by atoms with Gasteiger partial charge in [0, 0.05) is 31.1 Å². The lowest BCUT2D eigenvalue weighted by Gasteiger charge is -2.37. The van der Waals surface area contributed by atoms with Crippen molar-refractivity contribution in [2.24, 2.45) is 11.8 Å². The summed E-state index contributed by atoms with van der Waals surface area (Å²) in [5.74, 6) is 0.722. The SMILES string of the molecule is CC1CCCN(C(=O)C2CCN(Cc3ccc(C#N)cc3F)CC2)C1. The Labute approximate surface area is 149 Å². The van der Waals surface area contributed by atoms with E-state index in [0.29, 0.717) is 29.5 Å². The third-order valence-electron chi connectivity index (χ3n) is 5.48. The van der Waals surface area contributed by atoms with Crippen molar-refractivity contribution >= 4 is 5.91 Å². The molecule has 1 atom stereocenters. The molecule has 0 bridgehead atoms. The van der Waals surface area contributed by atoms with E-state index < -0.39 is 0 Å². The number of nitrogens with zero attached hydrogens (tertiary/aromatic N) is 3. The second-order valence-corrected chi connectivity index (χ2v) is 7.50. The van der Waals surface area contributed by atoms with Crippen LogP contribution in [0.1, 0.15) is 43.7 Å². The van der Waals surface area contributed by atoms with Gasteiger partial charge in [0.05, 0.1) is 11.6 Å². The standard InChI is InChI=1S/C20H26FN3O/c1-15-3-2-8-24(13-15)20(25)17-6-9-23(10-7-17)14-18-5-4-16(12-22)11-19(18)21/h4-5,11,15,17H,2-3,6-10,13-14H2,1H3. The number of amides is 1. The summed E-state index contributed by atoms with van der Waals surface area (Å²) in [6.45, 7) is 6.20. The molecule has 1 amide bonds. The van der Waals surface area contributed by atoms with Crippen LogP contribution in [-0.4, -0.2) is 41.9 Å². The molecule has 0 aliphatic carbocycles. The molecule has 2 heterocycles. The fourth-order valence-electron chi connectivity index (χ4n) is 3.97. The Morgan fingerprint density at radius 3 is 2.68 bits per heavy atom. The van der Waals surface area contributed by atoms with Gasteiger partial charge in [0.1, 0.15) is 5.82 Å². The first-order valence-corrected chi connectivity index (χ1v) is 9.26. The Balaban J connectivity index is 1.52. The van der Waals surface area contributed by atoms with E-state index in [1.807, 2.05) is 6.07 Å². The highest BCUT2D eigenvalue weighted by Crippen LogP contribution is 2.25. The van der Waals surface area contributed by atoms with E-state index >= 15 is 0 Å². The molecule has 2 aliphatic heterocycles. The van der Waals surface area contributed by atoms with Crippen molar-refractivity contribution in [3.63, 3.8) is 0 Å². The third kappa shape index (κ3) is 4.38. The average Bonchev–Trinajstić information content (AvgIpc) is 2.63. The Kier molecular flexibility index (Phi) is 5.70. The fraction of sp³-hybridized carbons (Fsp3) is 0.600. The quantitative estimate of drug-likeness (QED) is 0.847. The van der Waals surface area contributed by atoms with Crippen LogP contribution in [0.5, 0.6) is 0 Å². The largest absolute Gasteiger partial charge is 0.342 e. The summed E-state index contributed by atoms with van der Waals surface area (Å²) in [6, 6.07) is 6.60. The van der Waals surface area contributed by atoms with Crippen LogP contribution in [0.3, 0.4) is 0 Å². The Morgan fingerprint density at radius 1 is 1.28 bits per heavy atom. The zero-order valence-corrected chi connectivity index (χ0v) is 14.9. The molecular formula is C20H26FN3O. The summed E-state index contributed by atoms with van der Waals surface area (Å²) in [5, 5.41) is 8.82. The normalized spacial score (nSPS) is 22.6. The van der Waals surface area contributed by atoms with E-state index in [0.717, 1.165) is 45.4 Å². The number of rotatable bonds is 3. The van der Waals surface area contributed by atoms with E-state index in [1.54, 1.807) is 12.1 Å². The number of likely N-dealkylation sites (tertiary alicyclic amines) is 2. The molecule has 4 nitrogen and oxygen atoms in total. The van der Waals surface area contributed by atoms with Gasteiger partial charge in [-0.25, -0.2) is 4.39 Å². The van der Waals surface area contributed by atoms with E-state index in [-0.39, 0.29) is 11.7 Å². The smallest absolute Gasteiger partial charge is 0.225 e. The van der Waals surface area contributed by atoms with Gasteiger partial charge in [-0.1, -0.05) is 13.0 Å². The van der Waals surface area contributed by atoms with Gasteiger partial charge in [-0.3, -0.25) is 9.69 Å². The van der Waals surface area contributed by atoms with Crippen molar-refractivity contribution in [1.82, 2.24) is 9.80 Å². The van der Waals surface area contributed by atoms with Gasteiger partial charge < -0.3 is 4.90 Å². The summed E-state index contributed by atoms with van der Waals surface area (Å²) in [6.07, 6.45) is 4.03. The topological polar surface area (TPSA) is 47.3 Å². The Morgan fingerprint density at radius 2 is 2.04 bits per heavy atom. The number of hydrogen-bond acceptors (Lipinski definition) is 3. The maximum atomic E-state index is 14.0. The van der Waals surface area contributed by atoms with Crippen LogP contribution in [0.2, 0.25) is 0 Å². The number of nitriles is 1. The Hall–Kier alpha value is -1.93. The lowest BCUT2D eigenvalue weighted by atomic mass is 9.92. The third-order valence-corrected chi connectivity index (χ3v) is 5.48. The minimum Gasteiger partial charge on any atom is -0.342 e. The molecule has 3 rings (SSSR count). The van der Waals surface area contributed by atoms with Crippen LogP contribution in [0.15, 0.2) is 18.2 Å². The molecule has 0 saturated carbocycles. The molecule has 0 radical (unpaired) electrons. The van der Waals surface area contributed by atoms with E-state index in [4.69, 9.17) is 5.26 Å². The second-order valence-electron chi connectivity index (χ2n) is 7.50. The highest BCUT2D eigenvalue weighted by Gasteiger charge is 2.30. The van der Waals surface area contributed by atoms with Crippen molar-refractivity contribution < 1.29 is 9.18 Å². The maximum Gasteiger partial charge on any atom is 0.225 e. The molecular weight excluding hydrogens is 317 g/mol. The first-order valence-electron chi connectivity index (χ1n) is 9.26. The number of hydrogen-bond donors (Lipinski definition) is 0. The number of carbonyl (C=O) groups excluding carboxylic acids is 1. The first-order chi connectivity index (χ1) is 12.1. The molecule has 2 fully saturated rings. The summed E-state index contributed by atoms with van der Waals surface area (Å²) < 4.78 is 14.0. The van der Waals surface area contributed by atoms with Gasteiger partial charge in [0.15, 0.2) is 0 Å². The van der Waals surface area contributed by atoms with Crippen molar-refractivity contribution in [2.45, 2.75) is 39.2 Å². The van der Waals surface area contributed by atoms with Crippen LogP contribution < -0.4 is 0 Å². The number of benzene rings is 1. The molecule has 0 N–H and O–H groups in total. The van der Waals surface area contributed by atoms with Gasteiger partial charge in [0.25, 0.3) is 0 Å². The van der Waals surface area contributed by atoms with Crippen molar-refractivity contribution in [2.75, 3.05) is 26.2 Å². The van der Waals surface area contributed by atoms with Gasteiger partial charge in [-0.2, -0.15) is 5.26 Å². The highest BCUT2D eigenvalue weighted by atomic mass is 19.1. The molecule has 1 aromatic rings. The summed E-state index contributed by atoms with van der Waals surface area (Å²) in [7, 11) is 0. The van der Waals surface area contributed by atoms with Crippen LogP contribution in [-0.2, 0) is 11.3 Å². The summed E-state index contributed by atoms with van der Waals surface area (Å²) >= 11 is 0. The number of piperidine rings is 2. The molecule has 134 valence electrons. The van der Waals surface area contributed by atoms with Gasteiger partial charge in [-0.15, -0.1) is 0 Å². The lowest BCUT2D eigenvalue weighted by molar-refractivity contribution is -0.138. The fourth-order valence-corrected chi connectivity index (χ4v) is 3.97. The van der Waals surface area contributed by atoms with Crippen molar-refractivity contribution in [3.8, 4) is 6.07 Å². The van der Waals surface area contributed by atoms with Crippen LogP contribution in [0, 0.1) is 29.0 Å². The highest BCUT2D eigenvalue weighted by molar-refractivity contribution is 5.79. The van der Waals surface area contributed by atoms with E-state index in [9.17, 15) is 9.18 Å². The monoisotopic (exact) mass is 343 g/mol. The zero-order valence-electron chi connectivity index (χ0n) is 14.9. The van der Waals surface area contributed by atoms with Gasteiger partial charge >= 0.3 is 0 Å². The molecule has 2 aliphatic rings. The summed E-state index contributed by atoms with van der Waals surface area (Å²) in [5.41, 5.74) is 0.968. The van der Waals surface area contributed by atoms with E-state index in [2.05, 4.69) is 16.7 Å². The minimum absolute atomic E-state index is 0.118. The molecule has 5 heteroatoms. The lowest BCUT2D eigenvalue weighted by Crippen LogP contribution is -2.45. The van der Waals surface area contributed by atoms with Crippen LogP contribution in [0.25, 0.3) is 0 Å². The number of halogens is 1. The molecule has 2 saturated heterocycles. The van der Waals surface area contributed by atoms with Gasteiger partial charge in [-0.05, 0) is 56.8 Å². The number of carbonyl (C=O) groups is 1. The average molecular weight is 343 g/mol. The zero-order chi connectivity index (χ0) is 17.8. The second kappa shape index (κ2) is 7.97. The van der Waals surface area contributed by atoms with Gasteiger partial charge in [0.2, 0.25) is 5.91 Å². The molecule has 25 heavy (non-hydrogen) atoms. The predicted octanol–water partition coefficient (Wildman–Crippen LogP) is 3.17.